The summed E-state index contributed by atoms with van der Waals surface area (Å²) in [5, 5.41) is 3.47. The van der Waals surface area contributed by atoms with Crippen LogP contribution in [0.2, 0.25) is 0 Å². The highest BCUT2D eigenvalue weighted by molar-refractivity contribution is 5.21. The van der Waals surface area contributed by atoms with Crippen molar-refractivity contribution >= 4 is 0 Å². The zero-order chi connectivity index (χ0) is 14.2. The molecule has 0 radical (unpaired) electrons. The van der Waals surface area contributed by atoms with Crippen LogP contribution in [0, 0.1) is 0 Å². The van der Waals surface area contributed by atoms with E-state index in [1.807, 2.05) is 0 Å². The molecule has 0 fully saturated rings. The summed E-state index contributed by atoms with van der Waals surface area (Å²) in [5.41, 5.74) is 2.66. The summed E-state index contributed by atoms with van der Waals surface area (Å²) in [4.78, 5) is 0. The highest BCUT2D eigenvalue weighted by atomic mass is 16.5. The van der Waals surface area contributed by atoms with Crippen molar-refractivity contribution in [2.75, 3.05) is 20.3 Å². The predicted molar refractivity (Wildman–Crippen MR) is 82.9 cm³/mol. The first kappa shape index (κ1) is 14.8. The first-order valence-corrected chi connectivity index (χ1v) is 7.23. The number of hydrogen-bond donors (Lipinski definition) is 1. The van der Waals surface area contributed by atoms with E-state index >= 15 is 0 Å². The third kappa shape index (κ3) is 3.95. The molecule has 2 rings (SSSR count). The zero-order valence-corrected chi connectivity index (χ0v) is 12.4. The number of rotatable bonds is 8. The van der Waals surface area contributed by atoms with Crippen molar-refractivity contribution in [1.82, 2.24) is 9.88 Å². The Kier molecular flexibility index (Phi) is 5.84. The number of ether oxygens (including phenoxy) is 1. The van der Waals surface area contributed by atoms with Crippen molar-refractivity contribution in [1.29, 1.82) is 0 Å². The lowest BCUT2D eigenvalue weighted by Crippen LogP contribution is -2.19. The largest absolute Gasteiger partial charge is 0.385 e. The van der Waals surface area contributed by atoms with Crippen LogP contribution >= 0.6 is 0 Å². The molecule has 3 heteroatoms. The number of benzene rings is 1. The Hall–Kier alpha value is -1.58. The summed E-state index contributed by atoms with van der Waals surface area (Å²) < 4.78 is 7.39. The molecule has 0 unspecified atom stereocenters. The summed E-state index contributed by atoms with van der Waals surface area (Å²) in [6.07, 6.45) is 3.20. The number of aromatic nitrogens is 1. The lowest BCUT2D eigenvalue weighted by atomic mass is 10.1. The smallest absolute Gasteiger partial charge is 0.0555 e. The fourth-order valence-electron chi connectivity index (χ4n) is 2.41. The second-order valence-electron chi connectivity index (χ2n) is 5.02. The second kappa shape index (κ2) is 7.88. The molecule has 20 heavy (non-hydrogen) atoms. The Balaban J connectivity index is 1.94. The maximum Gasteiger partial charge on any atom is 0.0555 e. The minimum absolute atomic E-state index is 0.363. The van der Waals surface area contributed by atoms with Gasteiger partial charge in [-0.1, -0.05) is 30.3 Å². The first-order chi connectivity index (χ1) is 9.83. The molecule has 0 spiro atoms. The molecule has 0 amide bonds. The summed E-state index contributed by atoms with van der Waals surface area (Å²) in [6, 6.07) is 15.3. The predicted octanol–water partition coefficient (Wildman–Crippen LogP) is 3.22. The highest BCUT2D eigenvalue weighted by Gasteiger charge is 2.09. The van der Waals surface area contributed by atoms with E-state index in [1.165, 1.54) is 11.3 Å². The molecule has 0 bridgehead atoms. The lowest BCUT2D eigenvalue weighted by Gasteiger charge is -2.18. The Morgan fingerprint density at radius 2 is 1.95 bits per heavy atom. The molecule has 1 atom stereocenters. The van der Waals surface area contributed by atoms with Gasteiger partial charge in [-0.2, -0.15) is 0 Å². The van der Waals surface area contributed by atoms with E-state index in [4.69, 9.17) is 4.74 Å². The van der Waals surface area contributed by atoms with Crippen molar-refractivity contribution in [3.63, 3.8) is 0 Å². The maximum atomic E-state index is 5.05. The van der Waals surface area contributed by atoms with Crippen LogP contribution in [-0.2, 0) is 11.3 Å². The van der Waals surface area contributed by atoms with Gasteiger partial charge in [-0.15, -0.1) is 0 Å². The molecule has 3 nitrogen and oxygen atoms in total. The second-order valence-corrected chi connectivity index (χ2v) is 5.02. The lowest BCUT2D eigenvalue weighted by molar-refractivity contribution is 0.194. The Bertz CT molecular complexity index is 493. The Labute approximate surface area is 121 Å². The fraction of sp³-hybridized carbons (Fsp3) is 0.412. The van der Waals surface area contributed by atoms with Gasteiger partial charge >= 0.3 is 0 Å². The molecule has 1 aromatic heterocycles. The van der Waals surface area contributed by atoms with Gasteiger partial charge in [0.1, 0.15) is 0 Å². The standard InChI is InChI=1S/C17H24N2O/c1-15(16-8-4-3-5-9-16)19-12-6-10-17(19)14-18-11-7-13-20-2/h3-6,8-10,12,15,18H,7,11,13-14H2,1-2H3/t15-/m1/s1. The average molecular weight is 272 g/mol. The average Bonchev–Trinajstić information content (AvgIpc) is 2.95. The molecule has 2 aromatic rings. The molecule has 0 aliphatic rings. The van der Waals surface area contributed by atoms with Crippen molar-refractivity contribution < 1.29 is 4.74 Å². The fourth-order valence-corrected chi connectivity index (χ4v) is 2.41. The Morgan fingerprint density at radius 1 is 1.15 bits per heavy atom. The molecule has 0 saturated carbocycles. The van der Waals surface area contributed by atoms with E-state index < -0.39 is 0 Å². The molecular weight excluding hydrogens is 248 g/mol. The van der Waals surface area contributed by atoms with Crippen LogP contribution in [0.4, 0.5) is 0 Å². The number of nitrogens with one attached hydrogen (secondary N) is 1. The molecule has 1 N–H and O–H groups in total. The van der Waals surface area contributed by atoms with E-state index in [1.54, 1.807) is 7.11 Å². The monoisotopic (exact) mass is 272 g/mol. The SMILES string of the molecule is COCCCNCc1cccn1[C@H](C)c1ccccc1. The molecular formula is C17H24N2O. The van der Waals surface area contributed by atoms with Crippen LogP contribution in [0.3, 0.4) is 0 Å². The van der Waals surface area contributed by atoms with Gasteiger partial charge in [-0.3, -0.25) is 0 Å². The van der Waals surface area contributed by atoms with Gasteiger partial charge in [0.25, 0.3) is 0 Å². The summed E-state index contributed by atoms with van der Waals surface area (Å²) in [5.74, 6) is 0. The minimum Gasteiger partial charge on any atom is -0.385 e. The first-order valence-electron chi connectivity index (χ1n) is 7.23. The van der Waals surface area contributed by atoms with Gasteiger partial charge in [-0.25, -0.2) is 0 Å². The van der Waals surface area contributed by atoms with Gasteiger partial charge in [0.15, 0.2) is 0 Å². The van der Waals surface area contributed by atoms with Crippen LogP contribution in [-0.4, -0.2) is 24.8 Å². The number of methoxy groups -OCH3 is 1. The van der Waals surface area contributed by atoms with Crippen LogP contribution in [0.25, 0.3) is 0 Å². The summed E-state index contributed by atoms with van der Waals surface area (Å²) in [7, 11) is 1.74. The van der Waals surface area contributed by atoms with Crippen LogP contribution in [0.1, 0.15) is 30.6 Å². The summed E-state index contributed by atoms with van der Waals surface area (Å²) in [6.45, 7) is 4.94. The topological polar surface area (TPSA) is 26.2 Å². The van der Waals surface area contributed by atoms with Crippen molar-refractivity contribution in [2.24, 2.45) is 0 Å². The van der Waals surface area contributed by atoms with Crippen LogP contribution < -0.4 is 5.32 Å². The third-order valence-corrected chi connectivity index (χ3v) is 3.57. The molecule has 1 aromatic carbocycles. The van der Waals surface area contributed by atoms with Crippen molar-refractivity contribution in [2.45, 2.75) is 25.9 Å². The molecule has 0 aliphatic heterocycles. The van der Waals surface area contributed by atoms with E-state index in [0.29, 0.717) is 6.04 Å². The van der Waals surface area contributed by atoms with Gasteiger partial charge in [0, 0.05) is 32.2 Å². The van der Waals surface area contributed by atoms with Crippen molar-refractivity contribution in [3.8, 4) is 0 Å². The van der Waals surface area contributed by atoms with Gasteiger partial charge in [0.2, 0.25) is 0 Å². The van der Waals surface area contributed by atoms with E-state index in [-0.39, 0.29) is 0 Å². The summed E-state index contributed by atoms with van der Waals surface area (Å²) >= 11 is 0. The molecule has 0 saturated heterocycles. The molecule has 108 valence electrons. The zero-order valence-electron chi connectivity index (χ0n) is 12.4. The Morgan fingerprint density at radius 3 is 2.70 bits per heavy atom. The maximum absolute atomic E-state index is 5.05. The third-order valence-electron chi connectivity index (χ3n) is 3.57. The highest BCUT2D eigenvalue weighted by Crippen LogP contribution is 2.20. The number of nitrogens with zero attached hydrogens (tertiary/aromatic N) is 1. The normalized spacial score (nSPS) is 12.5. The minimum atomic E-state index is 0.363. The van der Waals surface area contributed by atoms with Gasteiger partial charge in [0.05, 0.1) is 6.04 Å². The van der Waals surface area contributed by atoms with E-state index in [2.05, 4.69) is 65.5 Å². The molecule has 0 aliphatic carbocycles. The van der Waals surface area contributed by atoms with Gasteiger partial charge in [-0.05, 0) is 37.6 Å². The van der Waals surface area contributed by atoms with Gasteiger partial charge < -0.3 is 14.6 Å². The van der Waals surface area contributed by atoms with Crippen molar-refractivity contribution in [3.05, 3.63) is 59.9 Å². The van der Waals surface area contributed by atoms with Crippen LogP contribution in [0.5, 0.6) is 0 Å². The molecule has 1 heterocycles. The van der Waals surface area contributed by atoms with E-state index in [0.717, 1.165) is 26.1 Å². The quantitative estimate of drug-likeness (QED) is 0.747. The van der Waals surface area contributed by atoms with Crippen LogP contribution in [0.15, 0.2) is 48.7 Å². The number of hydrogen-bond acceptors (Lipinski definition) is 2. The van der Waals surface area contributed by atoms with E-state index in [9.17, 15) is 0 Å².